The highest BCUT2D eigenvalue weighted by Gasteiger charge is 2.32. The highest BCUT2D eigenvalue weighted by molar-refractivity contribution is 8.93. The Morgan fingerprint density at radius 1 is 1.13 bits per heavy atom. The number of nitrogens with zero attached hydrogens (tertiary/aromatic N) is 3. The smallest absolute Gasteiger partial charge is 0.332 e. The van der Waals surface area contributed by atoms with Crippen LogP contribution in [0.5, 0.6) is 5.75 Å². The van der Waals surface area contributed by atoms with Crippen LogP contribution in [0, 0.1) is 5.41 Å². The minimum absolute atomic E-state index is 0. The molecule has 1 atom stereocenters. The molecule has 0 spiro atoms. The zero-order chi connectivity index (χ0) is 32.5. The zero-order valence-corrected chi connectivity index (χ0v) is 29.2. The van der Waals surface area contributed by atoms with E-state index in [0.717, 1.165) is 22.5 Å². The normalized spacial score (nSPS) is 15.7. The number of amides is 1. The first kappa shape index (κ1) is 35.8. The van der Waals surface area contributed by atoms with Crippen molar-refractivity contribution >= 4 is 51.9 Å². The van der Waals surface area contributed by atoms with Crippen molar-refractivity contribution < 1.29 is 29.0 Å². The van der Waals surface area contributed by atoms with Gasteiger partial charge in [0.1, 0.15) is 11.6 Å². The van der Waals surface area contributed by atoms with Crippen LogP contribution in [0.15, 0.2) is 24.3 Å². The maximum atomic E-state index is 13.9. The van der Waals surface area contributed by atoms with Gasteiger partial charge in [-0.15, -0.1) is 17.0 Å². The molecular weight excluding hydrogens is 642 g/mol. The van der Waals surface area contributed by atoms with E-state index in [2.05, 4.69) is 31.0 Å². The summed E-state index contributed by atoms with van der Waals surface area (Å²) in [5.41, 5.74) is 4.72. The number of carbonyl (C=O) groups is 3. The fourth-order valence-corrected chi connectivity index (χ4v) is 5.88. The molecule has 0 radical (unpaired) electrons. The number of methoxy groups -OCH3 is 1. The van der Waals surface area contributed by atoms with E-state index >= 15 is 0 Å². The van der Waals surface area contributed by atoms with Gasteiger partial charge in [0.2, 0.25) is 0 Å². The quantitative estimate of drug-likeness (QED) is 0.309. The number of hydrogen-bond acceptors (Lipinski definition) is 8. The van der Waals surface area contributed by atoms with Gasteiger partial charge in [0.05, 0.1) is 31.0 Å². The number of ether oxygens (including phenoxy) is 2. The van der Waals surface area contributed by atoms with Gasteiger partial charge in [-0.25, -0.2) is 4.79 Å². The molecule has 2 aromatic rings. The van der Waals surface area contributed by atoms with Crippen LogP contribution < -0.4 is 19.9 Å². The molecule has 2 aromatic carbocycles. The Morgan fingerprint density at radius 2 is 1.78 bits per heavy atom. The first-order chi connectivity index (χ1) is 20.7. The number of fused-ring (bicyclic) bond motifs is 1. The summed E-state index contributed by atoms with van der Waals surface area (Å²) < 4.78 is 11.7. The average molecular weight is 689 g/mol. The van der Waals surface area contributed by atoms with Crippen molar-refractivity contribution in [1.29, 1.82) is 5.41 Å². The lowest BCUT2D eigenvalue weighted by molar-refractivity contribution is -0.153. The number of halogens is 1. The highest BCUT2D eigenvalue weighted by Crippen LogP contribution is 2.41. The maximum absolute atomic E-state index is 13.9. The molecule has 0 aromatic heterocycles. The van der Waals surface area contributed by atoms with Crippen molar-refractivity contribution in [2.45, 2.75) is 64.7 Å². The van der Waals surface area contributed by atoms with Crippen molar-refractivity contribution in [3.05, 3.63) is 52.1 Å². The van der Waals surface area contributed by atoms with Gasteiger partial charge >= 0.3 is 5.97 Å². The second-order valence-electron chi connectivity index (χ2n) is 12.8. The molecule has 246 valence electrons. The summed E-state index contributed by atoms with van der Waals surface area (Å²) in [4.78, 5) is 43.5. The van der Waals surface area contributed by atoms with Crippen molar-refractivity contribution in [3.8, 4) is 5.75 Å². The predicted molar refractivity (Wildman–Crippen MR) is 181 cm³/mol. The molecule has 1 unspecified atom stereocenters. The van der Waals surface area contributed by atoms with Gasteiger partial charge < -0.3 is 34.6 Å². The van der Waals surface area contributed by atoms with Gasteiger partial charge in [-0.05, 0) is 55.0 Å². The standard InChI is InChI=1S/C33H45N5O6.BrH/c1-19(32(41)42)44-22-9-11-37(12-10-22)27-14-20(13-25(29(27)43-8)33(2,3)4)28(39)18-38-17-21-15-26(36(6)7)24(31(40)35-5)16-23(21)30(38)34;/h13-16,19,22,34H,9-12,17-18H2,1-8H3,(H,35,40)(H,41,42);1H. The number of carbonyl (C=O) groups excluding carboxylic acids is 2. The summed E-state index contributed by atoms with van der Waals surface area (Å²) in [6, 6.07) is 7.44. The summed E-state index contributed by atoms with van der Waals surface area (Å²) in [6.07, 6.45) is 0.282. The summed E-state index contributed by atoms with van der Waals surface area (Å²) >= 11 is 0. The number of nitrogens with one attached hydrogen (secondary N) is 2. The molecule has 4 rings (SSSR count). The molecule has 11 nitrogen and oxygen atoms in total. The van der Waals surface area contributed by atoms with Crippen LogP contribution in [0.4, 0.5) is 11.4 Å². The van der Waals surface area contributed by atoms with E-state index in [9.17, 15) is 19.5 Å². The molecule has 2 aliphatic rings. The number of benzene rings is 2. The number of anilines is 2. The molecular formula is C33H46BrN5O6. The minimum atomic E-state index is -0.977. The predicted octanol–water partition coefficient (Wildman–Crippen LogP) is 4.48. The number of ketones is 1. The fraction of sp³-hybridized carbons (Fsp3) is 0.515. The second kappa shape index (κ2) is 14.2. The van der Waals surface area contributed by atoms with Gasteiger partial charge in [0.15, 0.2) is 11.9 Å². The number of Topliss-reactive ketones (excluding diaryl/α,β-unsaturated/α-hetero) is 1. The third-order valence-electron chi connectivity index (χ3n) is 8.37. The van der Waals surface area contributed by atoms with E-state index in [4.69, 9.17) is 14.9 Å². The van der Waals surface area contributed by atoms with Gasteiger partial charge in [-0.1, -0.05) is 20.8 Å². The average Bonchev–Trinajstić information content (AvgIpc) is 3.28. The molecule has 2 aliphatic heterocycles. The van der Waals surface area contributed by atoms with Crippen LogP contribution >= 0.6 is 17.0 Å². The van der Waals surface area contributed by atoms with Crippen LogP contribution in [0.2, 0.25) is 0 Å². The van der Waals surface area contributed by atoms with Crippen LogP contribution in [0.3, 0.4) is 0 Å². The summed E-state index contributed by atoms with van der Waals surface area (Å²) in [7, 11) is 6.96. The zero-order valence-electron chi connectivity index (χ0n) is 27.4. The van der Waals surface area contributed by atoms with E-state index in [1.54, 1.807) is 32.0 Å². The van der Waals surface area contributed by atoms with Crippen molar-refractivity contribution in [2.24, 2.45) is 0 Å². The maximum Gasteiger partial charge on any atom is 0.332 e. The van der Waals surface area contributed by atoms with Crippen LogP contribution in [0.1, 0.15) is 77.9 Å². The first-order valence-corrected chi connectivity index (χ1v) is 14.9. The van der Waals surface area contributed by atoms with Gasteiger partial charge in [0, 0.05) is 63.2 Å². The van der Waals surface area contributed by atoms with Gasteiger partial charge in [-0.2, -0.15) is 0 Å². The fourth-order valence-electron chi connectivity index (χ4n) is 5.88. The Morgan fingerprint density at radius 3 is 2.31 bits per heavy atom. The van der Waals surface area contributed by atoms with E-state index in [1.165, 1.54) is 0 Å². The third-order valence-corrected chi connectivity index (χ3v) is 8.37. The Hall–Kier alpha value is -3.64. The van der Waals surface area contributed by atoms with Crippen LogP contribution in [-0.4, -0.2) is 93.6 Å². The van der Waals surface area contributed by atoms with E-state index < -0.39 is 12.1 Å². The molecule has 0 saturated carbocycles. The molecule has 0 aliphatic carbocycles. The lowest BCUT2D eigenvalue weighted by Crippen LogP contribution is -2.39. The van der Waals surface area contributed by atoms with Crippen molar-refractivity contribution in [1.82, 2.24) is 10.2 Å². The Labute approximate surface area is 276 Å². The number of carboxylic acid groups (broad SMARTS) is 1. The van der Waals surface area contributed by atoms with Gasteiger partial charge in [-0.3, -0.25) is 15.0 Å². The molecule has 1 fully saturated rings. The lowest BCUT2D eigenvalue weighted by Gasteiger charge is -2.36. The third kappa shape index (κ3) is 7.61. The largest absolute Gasteiger partial charge is 0.494 e. The molecule has 12 heteroatoms. The summed E-state index contributed by atoms with van der Waals surface area (Å²) in [6.45, 7) is 9.44. The topological polar surface area (TPSA) is 136 Å². The molecule has 45 heavy (non-hydrogen) atoms. The summed E-state index contributed by atoms with van der Waals surface area (Å²) in [5, 5.41) is 20.8. The Balaban J connectivity index is 0.00000552. The molecule has 2 heterocycles. The number of rotatable bonds is 10. The minimum Gasteiger partial charge on any atom is -0.494 e. The number of piperidine rings is 1. The van der Waals surface area contributed by atoms with E-state index in [1.807, 2.05) is 37.2 Å². The lowest BCUT2D eigenvalue weighted by atomic mass is 9.84. The SMILES string of the molecule is Br.CNC(=O)c1cc2c(cc1N(C)C)CN(CC(=O)c1cc(N3CCC(OC(C)C(=O)O)CC3)c(OC)c(C(C)(C)C)c1)C2=N. The molecule has 1 amide bonds. The molecule has 3 N–H and O–H groups in total. The monoisotopic (exact) mass is 687 g/mol. The summed E-state index contributed by atoms with van der Waals surface area (Å²) in [5.74, 6) is -0.400. The number of hydrogen-bond donors (Lipinski definition) is 3. The van der Waals surface area contributed by atoms with E-state index in [-0.39, 0.29) is 52.6 Å². The van der Waals surface area contributed by atoms with E-state index in [0.29, 0.717) is 54.9 Å². The van der Waals surface area contributed by atoms with Crippen LogP contribution in [0.25, 0.3) is 0 Å². The first-order valence-electron chi connectivity index (χ1n) is 14.9. The number of aliphatic carboxylic acids is 1. The van der Waals surface area contributed by atoms with Crippen molar-refractivity contribution in [2.75, 3.05) is 57.7 Å². The van der Waals surface area contributed by atoms with Crippen LogP contribution in [-0.2, 0) is 21.5 Å². The Kier molecular flexibility index (Phi) is 11.3. The number of amidine groups is 1. The molecule has 1 saturated heterocycles. The number of carboxylic acids is 1. The van der Waals surface area contributed by atoms with Gasteiger partial charge in [0.25, 0.3) is 5.91 Å². The molecule has 0 bridgehead atoms. The Bertz CT molecular complexity index is 1460. The highest BCUT2D eigenvalue weighted by atomic mass is 79.9. The second-order valence-corrected chi connectivity index (χ2v) is 12.8. The van der Waals surface area contributed by atoms with Crippen molar-refractivity contribution in [3.63, 3.8) is 0 Å².